The monoisotopic (exact) mass is 283 g/mol. The number of halogens is 1. The van der Waals surface area contributed by atoms with Crippen molar-refractivity contribution in [1.82, 2.24) is 5.32 Å². The van der Waals surface area contributed by atoms with Gasteiger partial charge in [0, 0.05) is 12.5 Å². The molecule has 20 heavy (non-hydrogen) atoms. The fourth-order valence-electron chi connectivity index (χ4n) is 2.09. The van der Waals surface area contributed by atoms with Crippen molar-refractivity contribution in [3.8, 4) is 0 Å². The van der Waals surface area contributed by atoms with Crippen molar-refractivity contribution in [1.29, 1.82) is 0 Å². The Kier molecular flexibility index (Phi) is 6.61. The highest BCUT2D eigenvalue weighted by molar-refractivity contribution is 5.66. The van der Waals surface area contributed by atoms with Crippen LogP contribution in [0.1, 0.15) is 38.4 Å². The second-order valence-electron chi connectivity index (χ2n) is 5.22. The van der Waals surface area contributed by atoms with E-state index in [1.807, 2.05) is 13.8 Å². The van der Waals surface area contributed by atoms with Crippen molar-refractivity contribution >= 4 is 5.97 Å². The van der Waals surface area contributed by atoms with Crippen molar-refractivity contribution in [3.63, 3.8) is 0 Å². The summed E-state index contributed by atoms with van der Waals surface area (Å²) >= 11 is 0. The molecule has 5 heteroatoms. The molecule has 0 saturated heterocycles. The van der Waals surface area contributed by atoms with Gasteiger partial charge in [-0.3, -0.25) is 4.79 Å². The highest BCUT2D eigenvalue weighted by Crippen LogP contribution is 2.22. The number of benzene rings is 1. The van der Waals surface area contributed by atoms with Gasteiger partial charge in [-0.25, -0.2) is 4.39 Å². The molecule has 0 radical (unpaired) electrons. The first-order valence-corrected chi connectivity index (χ1v) is 6.80. The Hall–Kier alpha value is -1.46. The first kappa shape index (κ1) is 16.6. The summed E-state index contributed by atoms with van der Waals surface area (Å²) in [5, 5.41) is 22.1. The molecule has 1 rings (SSSR count). The molecule has 0 aliphatic heterocycles. The third-order valence-electron chi connectivity index (χ3n) is 3.22. The molecular weight excluding hydrogens is 261 g/mol. The fraction of sp³-hybridized carbons (Fsp3) is 0.533. The number of carboxylic acids is 1. The maximum Gasteiger partial charge on any atom is 0.303 e. The molecule has 0 aliphatic rings. The highest BCUT2D eigenvalue weighted by Gasteiger charge is 2.23. The number of aliphatic hydroxyl groups excluding tert-OH is 1. The smallest absolute Gasteiger partial charge is 0.303 e. The average molecular weight is 283 g/mol. The van der Waals surface area contributed by atoms with Crippen molar-refractivity contribution in [2.45, 2.75) is 38.8 Å². The number of nitrogens with one attached hydrogen (secondary N) is 1. The van der Waals surface area contributed by atoms with E-state index in [1.165, 1.54) is 12.1 Å². The number of hydrogen-bond acceptors (Lipinski definition) is 3. The Bertz CT molecular complexity index is 420. The van der Waals surface area contributed by atoms with E-state index in [0.29, 0.717) is 18.5 Å². The van der Waals surface area contributed by atoms with Gasteiger partial charge in [0.1, 0.15) is 5.82 Å². The zero-order valence-corrected chi connectivity index (χ0v) is 11.8. The van der Waals surface area contributed by atoms with Gasteiger partial charge in [-0.1, -0.05) is 26.0 Å². The van der Waals surface area contributed by atoms with E-state index < -0.39 is 12.1 Å². The third kappa shape index (κ3) is 5.27. The minimum atomic E-state index is -0.827. The number of hydrogen-bond donors (Lipinski definition) is 3. The summed E-state index contributed by atoms with van der Waals surface area (Å²) in [6.45, 7) is 4.47. The van der Waals surface area contributed by atoms with Crippen molar-refractivity contribution in [3.05, 3.63) is 35.6 Å². The van der Waals surface area contributed by atoms with Gasteiger partial charge in [0.25, 0.3) is 0 Å². The zero-order chi connectivity index (χ0) is 15.1. The lowest BCUT2D eigenvalue weighted by Crippen LogP contribution is -2.40. The summed E-state index contributed by atoms with van der Waals surface area (Å²) in [6.07, 6.45) is -0.139. The molecule has 0 aromatic heterocycles. The lowest BCUT2D eigenvalue weighted by atomic mass is 9.93. The van der Waals surface area contributed by atoms with Crippen LogP contribution in [0.5, 0.6) is 0 Å². The predicted octanol–water partition coefficient (Wildman–Crippen LogP) is 2.34. The summed E-state index contributed by atoms with van der Waals surface area (Å²) in [6, 6.07) is 5.57. The lowest BCUT2D eigenvalue weighted by Gasteiger charge is -2.28. The molecule has 112 valence electrons. The molecule has 0 aliphatic carbocycles. The van der Waals surface area contributed by atoms with E-state index in [4.69, 9.17) is 5.11 Å². The van der Waals surface area contributed by atoms with Gasteiger partial charge in [0.2, 0.25) is 0 Å². The van der Waals surface area contributed by atoms with E-state index in [9.17, 15) is 14.3 Å². The first-order valence-electron chi connectivity index (χ1n) is 6.80. The Morgan fingerprint density at radius 1 is 1.30 bits per heavy atom. The molecule has 0 spiro atoms. The van der Waals surface area contributed by atoms with E-state index in [2.05, 4.69) is 5.32 Å². The largest absolute Gasteiger partial charge is 0.481 e. The number of aliphatic hydroxyl groups is 1. The molecule has 4 nitrogen and oxygen atoms in total. The lowest BCUT2D eigenvalue weighted by molar-refractivity contribution is -0.137. The van der Waals surface area contributed by atoms with Crippen LogP contribution < -0.4 is 5.32 Å². The van der Waals surface area contributed by atoms with Crippen LogP contribution in [0.25, 0.3) is 0 Å². The van der Waals surface area contributed by atoms with Gasteiger partial charge in [0.15, 0.2) is 0 Å². The molecule has 2 unspecified atom stereocenters. The Labute approximate surface area is 118 Å². The summed E-state index contributed by atoms with van der Waals surface area (Å²) in [5.74, 6) is -0.997. The molecule has 2 atom stereocenters. The van der Waals surface area contributed by atoms with Gasteiger partial charge in [-0.15, -0.1) is 0 Å². The Morgan fingerprint density at radius 3 is 2.40 bits per heavy atom. The fourth-order valence-corrected chi connectivity index (χ4v) is 2.09. The van der Waals surface area contributed by atoms with Crippen molar-refractivity contribution < 1.29 is 19.4 Å². The van der Waals surface area contributed by atoms with Gasteiger partial charge in [-0.05, 0) is 36.6 Å². The van der Waals surface area contributed by atoms with Crippen molar-refractivity contribution in [2.75, 3.05) is 6.54 Å². The van der Waals surface area contributed by atoms with Crippen LogP contribution in [0.3, 0.4) is 0 Å². The van der Waals surface area contributed by atoms with Crippen LogP contribution in [-0.2, 0) is 4.79 Å². The molecule has 0 bridgehead atoms. The van der Waals surface area contributed by atoms with Crippen LogP contribution in [0, 0.1) is 11.7 Å². The van der Waals surface area contributed by atoms with Crippen LogP contribution in [-0.4, -0.2) is 28.8 Å². The SMILES string of the molecule is CC(C)C(NCCCC(=O)O)C(O)c1ccc(F)cc1. The highest BCUT2D eigenvalue weighted by atomic mass is 19.1. The molecule has 0 amide bonds. The van der Waals surface area contributed by atoms with Crippen LogP contribution >= 0.6 is 0 Å². The molecular formula is C15H22FNO3. The minimum Gasteiger partial charge on any atom is -0.481 e. The second-order valence-corrected chi connectivity index (χ2v) is 5.22. The van der Waals surface area contributed by atoms with Crippen LogP contribution in [0.2, 0.25) is 0 Å². The number of carboxylic acid groups (broad SMARTS) is 1. The number of aliphatic carboxylic acids is 1. The number of carbonyl (C=O) groups is 1. The minimum absolute atomic E-state index is 0.102. The molecule has 0 saturated carbocycles. The summed E-state index contributed by atoms with van der Waals surface area (Å²) < 4.78 is 12.9. The number of rotatable bonds is 8. The van der Waals surface area contributed by atoms with Crippen molar-refractivity contribution in [2.24, 2.45) is 5.92 Å². The zero-order valence-electron chi connectivity index (χ0n) is 11.8. The topological polar surface area (TPSA) is 69.6 Å². The van der Waals surface area contributed by atoms with Gasteiger partial charge in [0.05, 0.1) is 6.10 Å². The predicted molar refractivity (Wildman–Crippen MR) is 74.9 cm³/mol. The first-order chi connectivity index (χ1) is 9.41. The molecule has 1 aromatic carbocycles. The van der Waals surface area contributed by atoms with Crippen LogP contribution in [0.4, 0.5) is 4.39 Å². The molecule has 0 fully saturated rings. The maximum atomic E-state index is 12.9. The summed E-state index contributed by atoms with van der Waals surface area (Å²) in [5.41, 5.74) is 0.649. The van der Waals surface area contributed by atoms with E-state index in [1.54, 1.807) is 12.1 Å². The van der Waals surface area contributed by atoms with Gasteiger partial charge >= 0.3 is 5.97 Å². The Morgan fingerprint density at radius 2 is 1.90 bits per heavy atom. The average Bonchev–Trinajstić information content (AvgIpc) is 2.38. The van der Waals surface area contributed by atoms with Gasteiger partial charge < -0.3 is 15.5 Å². The van der Waals surface area contributed by atoms with E-state index in [-0.39, 0.29) is 24.2 Å². The van der Waals surface area contributed by atoms with E-state index >= 15 is 0 Å². The van der Waals surface area contributed by atoms with Gasteiger partial charge in [-0.2, -0.15) is 0 Å². The standard InChI is InChI=1S/C15H22FNO3/c1-10(2)14(17-9-3-4-13(18)19)15(20)11-5-7-12(16)8-6-11/h5-8,10,14-15,17,20H,3-4,9H2,1-2H3,(H,18,19). The normalized spacial score (nSPS) is 14.2. The van der Waals surface area contributed by atoms with E-state index in [0.717, 1.165) is 0 Å². The quantitative estimate of drug-likeness (QED) is 0.640. The second kappa shape index (κ2) is 7.97. The molecule has 3 N–H and O–H groups in total. The molecule has 0 heterocycles. The molecule has 1 aromatic rings. The Balaban J connectivity index is 2.60. The summed E-state index contributed by atoms with van der Waals surface area (Å²) in [7, 11) is 0. The van der Waals surface area contributed by atoms with Crippen LogP contribution in [0.15, 0.2) is 24.3 Å². The maximum absolute atomic E-state index is 12.9. The summed E-state index contributed by atoms with van der Waals surface area (Å²) in [4.78, 5) is 10.5. The third-order valence-corrected chi connectivity index (χ3v) is 3.22.